The highest BCUT2D eigenvalue weighted by Crippen LogP contribution is 2.29. The van der Waals surface area contributed by atoms with Crippen molar-refractivity contribution in [2.45, 2.75) is 10.6 Å². The van der Waals surface area contributed by atoms with Gasteiger partial charge in [0.25, 0.3) is 5.91 Å². The van der Waals surface area contributed by atoms with Crippen molar-refractivity contribution in [2.24, 2.45) is 0 Å². The average molecular weight is 416 g/mol. The standard InChI is InChI=1S/C21H18F2N2O3S/c1-27-20-11-24-15(13-29-16-8-6-14(22)7-9-16)10-19(20)28-12-21(26)25-18-5-3-2-4-17(18)23/h2-11H,12-13H2,1H3,(H,25,26). The molecule has 29 heavy (non-hydrogen) atoms. The van der Waals surface area contributed by atoms with Crippen LogP contribution in [0.2, 0.25) is 0 Å². The third kappa shape index (κ3) is 5.92. The number of hydrogen-bond acceptors (Lipinski definition) is 5. The quantitative estimate of drug-likeness (QED) is 0.541. The van der Waals surface area contributed by atoms with Crippen molar-refractivity contribution in [3.63, 3.8) is 0 Å². The Hall–Kier alpha value is -3.13. The van der Waals surface area contributed by atoms with Gasteiger partial charge in [-0.05, 0) is 36.4 Å². The maximum absolute atomic E-state index is 13.6. The summed E-state index contributed by atoms with van der Waals surface area (Å²) in [5, 5.41) is 2.45. The summed E-state index contributed by atoms with van der Waals surface area (Å²) in [7, 11) is 1.47. The highest BCUT2D eigenvalue weighted by molar-refractivity contribution is 7.98. The Bertz CT molecular complexity index is 984. The van der Waals surface area contributed by atoms with Crippen molar-refractivity contribution in [1.29, 1.82) is 0 Å². The van der Waals surface area contributed by atoms with Crippen molar-refractivity contribution < 1.29 is 23.0 Å². The number of benzene rings is 2. The molecular weight excluding hydrogens is 398 g/mol. The largest absolute Gasteiger partial charge is 0.491 e. The molecule has 1 aromatic heterocycles. The van der Waals surface area contributed by atoms with Crippen LogP contribution in [0.25, 0.3) is 0 Å². The number of carbonyl (C=O) groups excluding carboxylic acids is 1. The van der Waals surface area contributed by atoms with E-state index in [2.05, 4.69) is 10.3 Å². The molecule has 5 nitrogen and oxygen atoms in total. The number of nitrogens with one attached hydrogen (secondary N) is 1. The molecule has 1 heterocycles. The Balaban J connectivity index is 1.61. The van der Waals surface area contributed by atoms with Gasteiger partial charge in [0.05, 0.1) is 24.7 Å². The zero-order chi connectivity index (χ0) is 20.6. The van der Waals surface area contributed by atoms with Gasteiger partial charge in [-0.3, -0.25) is 9.78 Å². The number of pyridine rings is 1. The van der Waals surface area contributed by atoms with Gasteiger partial charge in [-0.1, -0.05) is 12.1 Å². The summed E-state index contributed by atoms with van der Waals surface area (Å²) in [6, 6.07) is 13.7. The van der Waals surface area contributed by atoms with Crippen LogP contribution >= 0.6 is 11.8 Å². The van der Waals surface area contributed by atoms with E-state index >= 15 is 0 Å². The van der Waals surface area contributed by atoms with E-state index < -0.39 is 11.7 Å². The van der Waals surface area contributed by atoms with Crippen molar-refractivity contribution in [3.05, 3.63) is 78.1 Å². The lowest BCUT2D eigenvalue weighted by molar-refractivity contribution is -0.118. The number of rotatable bonds is 8. The first kappa shape index (κ1) is 20.6. The van der Waals surface area contributed by atoms with E-state index in [1.807, 2.05) is 0 Å². The third-order valence-electron chi connectivity index (χ3n) is 3.82. The molecule has 3 rings (SSSR count). The van der Waals surface area contributed by atoms with E-state index in [4.69, 9.17) is 9.47 Å². The fraction of sp³-hybridized carbons (Fsp3) is 0.143. The van der Waals surface area contributed by atoms with Crippen molar-refractivity contribution in [2.75, 3.05) is 19.0 Å². The molecule has 1 N–H and O–H groups in total. The second kappa shape index (κ2) is 9.88. The highest BCUT2D eigenvalue weighted by atomic mass is 32.2. The molecule has 3 aromatic rings. The van der Waals surface area contributed by atoms with Gasteiger partial charge < -0.3 is 14.8 Å². The molecule has 8 heteroatoms. The van der Waals surface area contributed by atoms with Gasteiger partial charge in [0, 0.05) is 16.7 Å². The molecule has 0 saturated heterocycles. The number of thioether (sulfide) groups is 1. The fourth-order valence-electron chi connectivity index (χ4n) is 2.39. The van der Waals surface area contributed by atoms with Gasteiger partial charge in [0.15, 0.2) is 18.1 Å². The molecule has 0 unspecified atom stereocenters. The van der Waals surface area contributed by atoms with Crippen LogP contribution in [-0.2, 0) is 10.5 Å². The number of halogens is 2. The van der Waals surface area contributed by atoms with Crippen LogP contribution < -0.4 is 14.8 Å². The molecule has 0 spiro atoms. The molecule has 0 aliphatic carbocycles. The molecule has 1 amide bonds. The number of methoxy groups -OCH3 is 1. The zero-order valence-corrected chi connectivity index (χ0v) is 16.3. The zero-order valence-electron chi connectivity index (χ0n) is 15.5. The van der Waals surface area contributed by atoms with Crippen LogP contribution in [0.5, 0.6) is 11.5 Å². The molecule has 0 aliphatic rings. The lowest BCUT2D eigenvalue weighted by Crippen LogP contribution is -2.21. The first-order valence-corrected chi connectivity index (χ1v) is 9.62. The Morgan fingerprint density at radius 3 is 2.59 bits per heavy atom. The summed E-state index contributed by atoms with van der Waals surface area (Å²) in [4.78, 5) is 17.3. The van der Waals surface area contributed by atoms with Gasteiger partial charge in [0.2, 0.25) is 0 Å². The molecule has 0 radical (unpaired) electrons. The fourth-order valence-corrected chi connectivity index (χ4v) is 3.19. The van der Waals surface area contributed by atoms with Crippen LogP contribution in [0.4, 0.5) is 14.5 Å². The number of hydrogen-bond donors (Lipinski definition) is 1. The minimum atomic E-state index is -0.526. The number of carbonyl (C=O) groups is 1. The maximum atomic E-state index is 13.6. The summed E-state index contributed by atoms with van der Waals surface area (Å²) in [5.41, 5.74) is 0.781. The molecular formula is C21H18F2N2O3S. The van der Waals surface area contributed by atoms with Crippen LogP contribution in [0, 0.1) is 11.6 Å². The summed E-state index contributed by atoms with van der Waals surface area (Å²) in [6.45, 7) is -0.320. The Morgan fingerprint density at radius 2 is 1.86 bits per heavy atom. The first-order valence-electron chi connectivity index (χ1n) is 8.63. The van der Waals surface area contributed by atoms with E-state index in [-0.39, 0.29) is 18.1 Å². The molecule has 0 aliphatic heterocycles. The van der Waals surface area contributed by atoms with Gasteiger partial charge in [-0.15, -0.1) is 11.8 Å². The van der Waals surface area contributed by atoms with Gasteiger partial charge in [0.1, 0.15) is 11.6 Å². The number of ether oxygens (including phenoxy) is 2. The van der Waals surface area contributed by atoms with Crippen LogP contribution in [0.3, 0.4) is 0 Å². The Labute approximate surface area is 171 Å². The van der Waals surface area contributed by atoms with Crippen molar-refractivity contribution in [1.82, 2.24) is 4.98 Å². The lowest BCUT2D eigenvalue weighted by atomic mass is 10.3. The minimum Gasteiger partial charge on any atom is -0.491 e. The number of aromatic nitrogens is 1. The predicted molar refractivity (Wildman–Crippen MR) is 107 cm³/mol. The third-order valence-corrected chi connectivity index (χ3v) is 4.86. The summed E-state index contributed by atoms with van der Waals surface area (Å²) < 4.78 is 37.4. The van der Waals surface area contributed by atoms with E-state index in [1.54, 1.807) is 24.3 Å². The van der Waals surface area contributed by atoms with Crippen molar-refractivity contribution >= 4 is 23.4 Å². The first-order chi connectivity index (χ1) is 14.0. The second-order valence-electron chi connectivity index (χ2n) is 5.89. The normalized spacial score (nSPS) is 10.4. The van der Waals surface area contributed by atoms with Crippen LogP contribution in [-0.4, -0.2) is 24.6 Å². The summed E-state index contributed by atoms with van der Waals surface area (Å²) in [6.07, 6.45) is 1.50. The average Bonchev–Trinajstić information content (AvgIpc) is 2.73. The topological polar surface area (TPSA) is 60.5 Å². The minimum absolute atomic E-state index is 0.0826. The maximum Gasteiger partial charge on any atom is 0.262 e. The molecule has 0 atom stereocenters. The number of amides is 1. The lowest BCUT2D eigenvalue weighted by Gasteiger charge is -2.12. The smallest absolute Gasteiger partial charge is 0.262 e. The van der Waals surface area contributed by atoms with Gasteiger partial charge >= 0.3 is 0 Å². The number of para-hydroxylation sites is 1. The SMILES string of the molecule is COc1cnc(CSc2ccc(F)cc2)cc1OCC(=O)Nc1ccccc1F. The predicted octanol–water partition coefficient (Wildman–Crippen LogP) is 4.68. The molecule has 0 fully saturated rings. The van der Waals surface area contributed by atoms with Gasteiger partial charge in [-0.2, -0.15) is 0 Å². The van der Waals surface area contributed by atoms with Gasteiger partial charge in [-0.25, -0.2) is 8.78 Å². The highest BCUT2D eigenvalue weighted by Gasteiger charge is 2.12. The van der Waals surface area contributed by atoms with Crippen molar-refractivity contribution in [3.8, 4) is 11.5 Å². The summed E-state index contributed by atoms with van der Waals surface area (Å²) in [5.74, 6) is -0.0760. The molecule has 0 saturated carbocycles. The monoisotopic (exact) mass is 416 g/mol. The van der Waals surface area contributed by atoms with Crippen LogP contribution in [0.15, 0.2) is 65.7 Å². The van der Waals surface area contributed by atoms with Crippen LogP contribution in [0.1, 0.15) is 5.69 Å². The van der Waals surface area contributed by atoms with E-state index in [0.29, 0.717) is 22.9 Å². The Kier molecular flexibility index (Phi) is 7.02. The summed E-state index contributed by atoms with van der Waals surface area (Å²) >= 11 is 1.49. The second-order valence-corrected chi connectivity index (χ2v) is 6.93. The molecule has 0 bridgehead atoms. The number of anilines is 1. The Morgan fingerprint density at radius 1 is 1.10 bits per heavy atom. The van der Waals surface area contributed by atoms with E-state index in [9.17, 15) is 13.6 Å². The number of nitrogens with zero attached hydrogens (tertiary/aromatic N) is 1. The van der Waals surface area contributed by atoms with E-state index in [0.717, 1.165) is 4.90 Å². The molecule has 2 aromatic carbocycles. The molecule has 150 valence electrons. The van der Waals surface area contributed by atoms with E-state index in [1.165, 1.54) is 55.4 Å².